The molecule has 1 fully saturated rings. The van der Waals surface area contributed by atoms with E-state index in [0.29, 0.717) is 17.1 Å². The molecule has 0 aliphatic heterocycles. The minimum Gasteiger partial charge on any atom is -0.482 e. The van der Waals surface area contributed by atoms with Gasteiger partial charge in [0.2, 0.25) is 5.76 Å². The lowest BCUT2D eigenvalue weighted by Crippen LogP contribution is -2.05. The van der Waals surface area contributed by atoms with Gasteiger partial charge in [0, 0.05) is 0 Å². The van der Waals surface area contributed by atoms with E-state index in [-0.39, 0.29) is 18.2 Å². The van der Waals surface area contributed by atoms with Gasteiger partial charge in [-0.1, -0.05) is 61.5 Å². The Morgan fingerprint density at radius 3 is 2.11 bits per heavy atom. The second-order valence-electron chi connectivity index (χ2n) is 8.97. The van der Waals surface area contributed by atoms with Gasteiger partial charge in [0.05, 0.1) is 0 Å². The van der Waals surface area contributed by atoms with Gasteiger partial charge in [0.15, 0.2) is 0 Å². The quantitative estimate of drug-likeness (QED) is 0.220. The highest BCUT2D eigenvalue weighted by molar-refractivity contribution is 5.89. The predicted octanol–water partition coefficient (Wildman–Crippen LogP) is 7.48. The summed E-state index contributed by atoms with van der Waals surface area (Å²) in [6.07, 6.45) is 9.17. The number of ether oxygens (including phenoxy) is 2. The summed E-state index contributed by atoms with van der Waals surface area (Å²) < 4.78 is 24.0. The molecule has 2 aliphatic carbocycles. The average Bonchev–Trinajstić information content (AvgIpc) is 3.48. The highest BCUT2D eigenvalue weighted by atomic mass is 19.1. The van der Waals surface area contributed by atoms with Gasteiger partial charge in [0.25, 0.3) is 0 Å². The van der Waals surface area contributed by atoms with E-state index in [1.54, 1.807) is 24.3 Å². The van der Waals surface area contributed by atoms with Crippen LogP contribution in [0, 0.1) is 23.6 Å². The SMILES string of the molecule is CC1CC2C=CC1C2.O=C(O)C(=Cc1ccc(Oc2ccc(F)cc2)cc1)OCc1ccccc1. The van der Waals surface area contributed by atoms with Gasteiger partial charge in [-0.25, -0.2) is 9.18 Å². The van der Waals surface area contributed by atoms with Gasteiger partial charge >= 0.3 is 5.97 Å². The van der Waals surface area contributed by atoms with Crippen LogP contribution in [-0.4, -0.2) is 11.1 Å². The van der Waals surface area contributed by atoms with E-state index in [1.165, 1.54) is 43.2 Å². The molecule has 0 saturated heterocycles. The van der Waals surface area contributed by atoms with Crippen molar-refractivity contribution in [2.75, 3.05) is 0 Å². The van der Waals surface area contributed by atoms with E-state index in [0.717, 1.165) is 23.3 Å². The smallest absolute Gasteiger partial charge is 0.371 e. The van der Waals surface area contributed by atoms with Crippen molar-refractivity contribution in [3.05, 3.63) is 114 Å². The highest BCUT2D eigenvalue weighted by Gasteiger charge is 2.32. The molecule has 4 nitrogen and oxygen atoms in total. The standard InChI is InChI=1S/C22H17FO4.C8H12/c23-18-8-12-20(13-9-18)27-19-10-6-16(7-11-19)14-21(22(24)25)26-15-17-4-2-1-3-5-17;1-6-4-7-2-3-8(6)5-7/h1-14H,15H2,(H,24,25);2-3,6-8H,4-5H2,1H3. The number of fused-ring (bicyclic) bond motifs is 2. The summed E-state index contributed by atoms with van der Waals surface area (Å²) in [7, 11) is 0. The number of hydrogen-bond donors (Lipinski definition) is 1. The second-order valence-corrected chi connectivity index (χ2v) is 8.97. The van der Waals surface area contributed by atoms with Crippen molar-refractivity contribution in [1.29, 1.82) is 0 Å². The van der Waals surface area contributed by atoms with E-state index in [1.807, 2.05) is 30.3 Å². The number of rotatable bonds is 7. The Labute approximate surface area is 205 Å². The van der Waals surface area contributed by atoms with Gasteiger partial charge in [-0.15, -0.1) is 0 Å². The monoisotopic (exact) mass is 472 g/mol. The number of halogens is 1. The normalized spacial score (nSPS) is 20.2. The molecule has 2 bridgehead atoms. The third-order valence-corrected chi connectivity index (χ3v) is 6.29. The van der Waals surface area contributed by atoms with Crippen molar-refractivity contribution in [2.24, 2.45) is 17.8 Å². The maximum absolute atomic E-state index is 12.9. The van der Waals surface area contributed by atoms with Crippen molar-refractivity contribution in [1.82, 2.24) is 0 Å². The highest BCUT2D eigenvalue weighted by Crippen LogP contribution is 2.42. The second kappa shape index (κ2) is 11.5. The summed E-state index contributed by atoms with van der Waals surface area (Å²) in [6, 6.07) is 21.9. The molecule has 3 aromatic carbocycles. The van der Waals surface area contributed by atoms with Crippen LogP contribution in [0.2, 0.25) is 0 Å². The fourth-order valence-corrected chi connectivity index (χ4v) is 4.38. The number of allylic oxidation sites excluding steroid dienone is 2. The van der Waals surface area contributed by atoms with Gasteiger partial charge in [-0.3, -0.25) is 0 Å². The van der Waals surface area contributed by atoms with Crippen LogP contribution in [0.5, 0.6) is 11.5 Å². The van der Waals surface area contributed by atoms with Gasteiger partial charge in [0.1, 0.15) is 23.9 Å². The number of aliphatic carboxylic acids is 1. The lowest BCUT2D eigenvalue weighted by atomic mass is 9.96. The number of carboxylic acid groups (broad SMARTS) is 1. The van der Waals surface area contributed by atoms with Crippen LogP contribution in [0.4, 0.5) is 4.39 Å². The number of carbonyl (C=O) groups is 1. The predicted molar refractivity (Wildman–Crippen MR) is 134 cm³/mol. The summed E-state index contributed by atoms with van der Waals surface area (Å²) in [6.45, 7) is 2.54. The Bertz CT molecular complexity index is 1170. The van der Waals surface area contributed by atoms with Gasteiger partial charge in [-0.05, 0) is 84.2 Å². The number of benzene rings is 3. The van der Waals surface area contributed by atoms with Crippen LogP contribution < -0.4 is 4.74 Å². The summed E-state index contributed by atoms with van der Waals surface area (Å²) in [5.41, 5.74) is 1.54. The average molecular weight is 473 g/mol. The molecular weight excluding hydrogens is 443 g/mol. The zero-order valence-corrected chi connectivity index (χ0v) is 19.6. The largest absolute Gasteiger partial charge is 0.482 e. The Morgan fingerprint density at radius 1 is 0.943 bits per heavy atom. The molecule has 0 aromatic heterocycles. The molecule has 3 aromatic rings. The first-order valence-corrected chi connectivity index (χ1v) is 11.8. The third kappa shape index (κ3) is 7.06. The van der Waals surface area contributed by atoms with Crippen molar-refractivity contribution >= 4 is 12.0 Å². The van der Waals surface area contributed by atoms with Crippen LogP contribution in [0.25, 0.3) is 6.08 Å². The molecular formula is C30H29FO4. The van der Waals surface area contributed by atoms with Crippen LogP contribution in [0.1, 0.15) is 30.9 Å². The van der Waals surface area contributed by atoms with Gasteiger partial charge < -0.3 is 14.6 Å². The Hall–Kier alpha value is -3.86. The molecule has 0 heterocycles. The molecule has 35 heavy (non-hydrogen) atoms. The molecule has 2 aliphatic rings. The Kier molecular flexibility index (Phi) is 7.99. The van der Waals surface area contributed by atoms with E-state index in [4.69, 9.17) is 9.47 Å². The van der Waals surface area contributed by atoms with E-state index < -0.39 is 5.97 Å². The van der Waals surface area contributed by atoms with E-state index in [2.05, 4.69) is 19.1 Å². The minimum absolute atomic E-state index is 0.147. The maximum Gasteiger partial charge on any atom is 0.371 e. The lowest BCUT2D eigenvalue weighted by Gasteiger charge is -2.09. The van der Waals surface area contributed by atoms with Crippen molar-refractivity contribution in [3.63, 3.8) is 0 Å². The molecule has 0 amide bonds. The molecule has 1 saturated carbocycles. The molecule has 180 valence electrons. The third-order valence-electron chi connectivity index (χ3n) is 6.29. The topological polar surface area (TPSA) is 55.8 Å². The maximum atomic E-state index is 12.9. The molecule has 0 radical (unpaired) electrons. The molecule has 5 heteroatoms. The molecule has 3 atom stereocenters. The fraction of sp³-hybridized carbons (Fsp3) is 0.233. The summed E-state index contributed by atoms with van der Waals surface area (Å²) in [5.74, 6) is 2.36. The molecule has 5 rings (SSSR count). The number of carboxylic acids is 1. The Morgan fingerprint density at radius 2 is 1.60 bits per heavy atom. The van der Waals surface area contributed by atoms with E-state index in [9.17, 15) is 14.3 Å². The fourth-order valence-electron chi connectivity index (χ4n) is 4.38. The van der Waals surface area contributed by atoms with Crippen LogP contribution in [0.3, 0.4) is 0 Å². The summed E-state index contributed by atoms with van der Waals surface area (Å²) in [5, 5.41) is 9.34. The zero-order valence-electron chi connectivity index (χ0n) is 19.6. The minimum atomic E-state index is -1.14. The van der Waals surface area contributed by atoms with Crippen molar-refractivity contribution in [3.8, 4) is 11.5 Å². The first kappa shape index (κ1) is 24.3. The lowest BCUT2D eigenvalue weighted by molar-refractivity contribution is -0.136. The number of hydrogen-bond acceptors (Lipinski definition) is 3. The van der Waals surface area contributed by atoms with E-state index >= 15 is 0 Å². The molecule has 1 N–H and O–H groups in total. The van der Waals surface area contributed by atoms with Gasteiger partial charge in [-0.2, -0.15) is 0 Å². The zero-order chi connectivity index (χ0) is 24.6. The first-order valence-electron chi connectivity index (χ1n) is 11.8. The van der Waals surface area contributed by atoms with Crippen molar-refractivity contribution < 1.29 is 23.8 Å². The molecule has 0 spiro atoms. The van der Waals surface area contributed by atoms with Crippen LogP contribution >= 0.6 is 0 Å². The van der Waals surface area contributed by atoms with Crippen LogP contribution in [-0.2, 0) is 16.1 Å². The van der Waals surface area contributed by atoms with Crippen molar-refractivity contribution in [2.45, 2.75) is 26.4 Å². The summed E-state index contributed by atoms with van der Waals surface area (Å²) >= 11 is 0. The molecule has 3 unspecified atom stereocenters. The Balaban J connectivity index is 0.000000301. The van der Waals surface area contributed by atoms with Crippen LogP contribution in [0.15, 0.2) is 96.8 Å². The first-order chi connectivity index (χ1) is 17.0. The summed E-state index contributed by atoms with van der Waals surface area (Å²) in [4.78, 5) is 11.4.